The van der Waals surface area contributed by atoms with Crippen LogP contribution >= 0.6 is 23.1 Å². The highest BCUT2D eigenvalue weighted by Crippen LogP contribution is 2.31. The molecule has 2 N–H and O–H groups in total. The van der Waals surface area contributed by atoms with Crippen molar-refractivity contribution >= 4 is 33.1 Å². The van der Waals surface area contributed by atoms with Gasteiger partial charge >= 0.3 is 0 Å². The molecule has 2 unspecified atom stereocenters. The van der Waals surface area contributed by atoms with Crippen molar-refractivity contribution in [2.75, 3.05) is 12.8 Å². The predicted octanol–water partition coefficient (Wildman–Crippen LogP) is 2.42. The molecular formula is C13H22N2O2S3. The third-order valence-electron chi connectivity index (χ3n) is 3.36. The predicted molar refractivity (Wildman–Crippen MR) is 87.0 cm³/mol. The van der Waals surface area contributed by atoms with Crippen molar-refractivity contribution < 1.29 is 8.42 Å². The lowest BCUT2D eigenvalue weighted by Crippen LogP contribution is -2.32. The van der Waals surface area contributed by atoms with Crippen molar-refractivity contribution in [3.63, 3.8) is 0 Å². The van der Waals surface area contributed by atoms with E-state index in [-0.39, 0.29) is 6.04 Å². The minimum atomic E-state index is -3.35. The molecule has 0 aliphatic heterocycles. The van der Waals surface area contributed by atoms with Gasteiger partial charge < -0.3 is 5.32 Å². The van der Waals surface area contributed by atoms with Gasteiger partial charge in [-0.05, 0) is 44.2 Å². The zero-order valence-corrected chi connectivity index (χ0v) is 14.3. The van der Waals surface area contributed by atoms with Gasteiger partial charge in [0.05, 0.1) is 0 Å². The first-order chi connectivity index (χ1) is 9.55. The maximum absolute atomic E-state index is 12.3. The summed E-state index contributed by atoms with van der Waals surface area (Å²) in [5.74, 6) is 1.10. The maximum Gasteiger partial charge on any atom is 0.250 e. The summed E-state index contributed by atoms with van der Waals surface area (Å²) in [5, 5.41) is 3.64. The Kier molecular flexibility index (Phi) is 5.92. The number of thioether (sulfide) groups is 1. The van der Waals surface area contributed by atoms with Crippen LogP contribution in [0.1, 0.15) is 31.1 Å². The summed E-state index contributed by atoms with van der Waals surface area (Å²) in [6.07, 6.45) is 3.01. The molecule has 2 rings (SSSR count). The van der Waals surface area contributed by atoms with Crippen LogP contribution in [-0.2, 0) is 16.6 Å². The second-order valence-electron chi connectivity index (χ2n) is 4.96. The number of rotatable bonds is 7. The second kappa shape index (κ2) is 7.26. The van der Waals surface area contributed by atoms with Crippen molar-refractivity contribution in [3.8, 4) is 0 Å². The van der Waals surface area contributed by atoms with E-state index in [1.165, 1.54) is 11.3 Å². The van der Waals surface area contributed by atoms with Gasteiger partial charge in [0.15, 0.2) is 0 Å². The maximum atomic E-state index is 12.3. The normalized spacial score (nSPS) is 23.3. The van der Waals surface area contributed by atoms with Gasteiger partial charge in [0.25, 0.3) is 0 Å². The van der Waals surface area contributed by atoms with E-state index in [1.54, 1.807) is 6.07 Å². The largest absolute Gasteiger partial charge is 0.315 e. The van der Waals surface area contributed by atoms with Gasteiger partial charge in [0, 0.05) is 22.7 Å². The quantitative estimate of drug-likeness (QED) is 0.804. The molecule has 0 aromatic carbocycles. The van der Waals surface area contributed by atoms with Crippen LogP contribution in [0.15, 0.2) is 16.3 Å². The van der Waals surface area contributed by atoms with Crippen LogP contribution in [0.3, 0.4) is 0 Å². The second-order valence-corrected chi connectivity index (χ2v) is 9.65. The molecule has 2 atom stereocenters. The fraction of sp³-hybridized carbons (Fsp3) is 0.692. The summed E-state index contributed by atoms with van der Waals surface area (Å²) < 4.78 is 28.0. The molecule has 0 bridgehead atoms. The van der Waals surface area contributed by atoms with Crippen molar-refractivity contribution in [3.05, 3.63) is 17.0 Å². The van der Waals surface area contributed by atoms with Crippen molar-refractivity contribution in [1.29, 1.82) is 0 Å². The summed E-state index contributed by atoms with van der Waals surface area (Å²) in [4.78, 5) is 1.04. The summed E-state index contributed by atoms with van der Waals surface area (Å²) in [5.41, 5.74) is 0. The molecule has 1 heterocycles. The Morgan fingerprint density at radius 2 is 2.20 bits per heavy atom. The van der Waals surface area contributed by atoms with E-state index in [2.05, 4.69) is 17.0 Å². The highest BCUT2D eigenvalue weighted by atomic mass is 32.2. The fourth-order valence-corrected chi connectivity index (χ4v) is 6.29. The van der Waals surface area contributed by atoms with Crippen molar-refractivity contribution in [2.45, 2.75) is 48.2 Å². The Bertz CT molecular complexity index is 527. The van der Waals surface area contributed by atoms with Gasteiger partial charge in [0.1, 0.15) is 4.21 Å². The molecule has 114 valence electrons. The number of hydrogen-bond acceptors (Lipinski definition) is 5. The van der Waals surface area contributed by atoms with Gasteiger partial charge in [-0.1, -0.05) is 6.92 Å². The van der Waals surface area contributed by atoms with E-state index in [9.17, 15) is 8.42 Å². The van der Waals surface area contributed by atoms with Crippen LogP contribution < -0.4 is 10.0 Å². The standard InChI is InChI=1S/C13H22N2O2S3/c1-3-18-11-5-4-10(8-11)15-20(16,17)13-7-6-12(19-13)9-14-2/h6-7,10-11,14-15H,3-5,8-9H2,1-2H3. The van der Waals surface area contributed by atoms with E-state index >= 15 is 0 Å². The molecule has 7 heteroatoms. The first-order valence-corrected chi connectivity index (χ1v) is 10.3. The fourth-order valence-electron chi connectivity index (χ4n) is 2.48. The Hall–Kier alpha value is -0.0800. The monoisotopic (exact) mass is 334 g/mol. The van der Waals surface area contributed by atoms with Crippen LogP contribution in [0.25, 0.3) is 0 Å². The Balaban J connectivity index is 1.97. The number of nitrogens with one attached hydrogen (secondary N) is 2. The van der Waals surface area contributed by atoms with Gasteiger partial charge in [-0.15, -0.1) is 11.3 Å². The molecule has 0 radical (unpaired) electrons. The third kappa shape index (κ3) is 4.21. The summed E-state index contributed by atoms with van der Waals surface area (Å²) in [6.45, 7) is 2.86. The molecule has 1 aromatic heterocycles. The summed E-state index contributed by atoms with van der Waals surface area (Å²) in [7, 11) is -1.49. The molecule has 1 aromatic rings. The molecule has 1 aliphatic rings. The SMILES string of the molecule is CCSC1CCC(NS(=O)(=O)c2ccc(CNC)s2)C1. The summed E-state index contributed by atoms with van der Waals surface area (Å²) >= 11 is 3.28. The average Bonchev–Trinajstić information content (AvgIpc) is 3.00. The van der Waals surface area contributed by atoms with Gasteiger partial charge in [-0.25, -0.2) is 13.1 Å². The lowest BCUT2D eigenvalue weighted by atomic mass is 10.3. The number of thiophene rings is 1. The Morgan fingerprint density at radius 1 is 1.40 bits per heavy atom. The first-order valence-electron chi connectivity index (χ1n) is 6.92. The van der Waals surface area contributed by atoms with Crippen molar-refractivity contribution in [1.82, 2.24) is 10.0 Å². The van der Waals surface area contributed by atoms with E-state index in [1.807, 2.05) is 24.9 Å². The zero-order valence-electron chi connectivity index (χ0n) is 11.9. The lowest BCUT2D eigenvalue weighted by Gasteiger charge is -2.12. The Labute approximate surface area is 129 Å². The highest BCUT2D eigenvalue weighted by molar-refractivity contribution is 7.99. The lowest BCUT2D eigenvalue weighted by molar-refractivity contribution is 0.554. The molecule has 1 fully saturated rings. The molecule has 1 aliphatic carbocycles. The van der Waals surface area contributed by atoms with Crippen molar-refractivity contribution in [2.24, 2.45) is 0 Å². The highest BCUT2D eigenvalue weighted by Gasteiger charge is 2.29. The number of sulfonamides is 1. The van der Waals surface area contributed by atoms with E-state index < -0.39 is 10.0 Å². The van der Waals surface area contributed by atoms with Crippen LogP contribution in [0, 0.1) is 0 Å². The topological polar surface area (TPSA) is 58.2 Å². The van der Waals surface area contributed by atoms with E-state index in [4.69, 9.17) is 0 Å². The molecular weight excluding hydrogens is 312 g/mol. The molecule has 4 nitrogen and oxygen atoms in total. The van der Waals surface area contributed by atoms with Gasteiger partial charge in [-0.2, -0.15) is 11.8 Å². The molecule has 0 amide bonds. The average molecular weight is 335 g/mol. The molecule has 0 saturated heterocycles. The molecule has 0 spiro atoms. The number of hydrogen-bond donors (Lipinski definition) is 2. The van der Waals surface area contributed by atoms with Crippen LogP contribution in [0.2, 0.25) is 0 Å². The minimum absolute atomic E-state index is 0.0962. The summed E-state index contributed by atoms with van der Waals surface area (Å²) in [6, 6.07) is 3.67. The first kappa shape index (κ1) is 16.3. The molecule has 20 heavy (non-hydrogen) atoms. The van der Waals surface area contributed by atoms with Crippen LogP contribution in [0.4, 0.5) is 0 Å². The Morgan fingerprint density at radius 3 is 2.90 bits per heavy atom. The smallest absolute Gasteiger partial charge is 0.250 e. The van der Waals surface area contributed by atoms with Gasteiger partial charge in [-0.3, -0.25) is 0 Å². The zero-order chi connectivity index (χ0) is 14.6. The van der Waals surface area contributed by atoms with Crippen LogP contribution in [-0.4, -0.2) is 32.5 Å². The molecule has 1 saturated carbocycles. The van der Waals surface area contributed by atoms with Crippen LogP contribution in [0.5, 0.6) is 0 Å². The minimum Gasteiger partial charge on any atom is -0.315 e. The van der Waals surface area contributed by atoms with E-state index in [0.717, 1.165) is 29.9 Å². The van der Waals surface area contributed by atoms with Gasteiger partial charge in [0.2, 0.25) is 10.0 Å². The van der Waals surface area contributed by atoms with E-state index in [0.29, 0.717) is 16.0 Å². The third-order valence-corrected chi connectivity index (χ3v) is 7.69.